The molecule has 2 aromatic carbocycles. The van der Waals surface area contributed by atoms with E-state index in [0.717, 1.165) is 11.1 Å². The second-order valence-electron chi connectivity index (χ2n) is 4.72. The maximum absolute atomic E-state index is 6.20. The van der Waals surface area contributed by atoms with Crippen molar-refractivity contribution < 1.29 is 9.47 Å². The Balaban J connectivity index is 1.87. The van der Waals surface area contributed by atoms with Crippen LogP contribution >= 0.6 is 27.5 Å². The van der Waals surface area contributed by atoms with E-state index in [0.29, 0.717) is 17.0 Å². The van der Waals surface area contributed by atoms with E-state index in [4.69, 9.17) is 21.1 Å². The van der Waals surface area contributed by atoms with Crippen LogP contribution in [0.3, 0.4) is 0 Å². The van der Waals surface area contributed by atoms with Gasteiger partial charge in [-0.15, -0.1) is 0 Å². The first kappa shape index (κ1) is 14.1. The number of hydrogen-bond acceptors (Lipinski definition) is 2. The molecule has 0 bridgehead atoms. The molecular weight excluding hydrogens is 340 g/mol. The van der Waals surface area contributed by atoms with Crippen molar-refractivity contribution >= 4 is 27.5 Å². The summed E-state index contributed by atoms with van der Waals surface area (Å²) >= 11 is 9.44. The maximum atomic E-state index is 6.20. The first-order valence-corrected chi connectivity index (χ1v) is 7.92. The van der Waals surface area contributed by atoms with E-state index in [-0.39, 0.29) is 6.10 Å². The van der Waals surface area contributed by atoms with E-state index in [2.05, 4.69) is 28.1 Å². The lowest BCUT2D eigenvalue weighted by Crippen LogP contribution is -2.29. The van der Waals surface area contributed by atoms with Gasteiger partial charge in [0.25, 0.3) is 0 Å². The summed E-state index contributed by atoms with van der Waals surface area (Å²) in [6, 6.07) is 17.7. The van der Waals surface area contributed by atoms with Crippen molar-refractivity contribution in [3.05, 3.63) is 70.7 Å². The lowest BCUT2D eigenvalue weighted by Gasteiger charge is -2.26. The molecule has 0 radical (unpaired) electrons. The van der Waals surface area contributed by atoms with Gasteiger partial charge in [-0.2, -0.15) is 0 Å². The van der Waals surface area contributed by atoms with Crippen LogP contribution in [-0.4, -0.2) is 11.9 Å². The summed E-state index contributed by atoms with van der Waals surface area (Å²) < 4.78 is 12.2. The van der Waals surface area contributed by atoms with Crippen molar-refractivity contribution in [2.45, 2.75) is 11.9 Å². The van der Waals surface area contributed by atoms with Gasteiger partial charge >= 0.3 is 0 Å². The Morgan fingerprint density at radius 1 is 1.10 bits per heavy atom. The largest absolute Gasteiger partial charge is 0.342 e. The van der Waals surface area contributed by atoms with Gasteiger partial charge < -0.3 is 9.47 Å². The molecule has 1 aliphatic rings. The summed E-state index contributed by atoms with van der Waals surface area (Å²) in [5.74, 6) is -0.745. The molecule has 1 aliphatic heterocycles. The predicted molar refractivity (Wildman–Crippen MR) is 83.1 cm³/mol. The normalized spacial score (nSPS) is 25.8. The van der Waals surface area contributed by atoms with Crippen LogP contribution in [0.4, 0.5) is 0 Å². The van der Waals surface area contributed by atoms with Gasteiger partial charge in [0.1, 0.15) is 6.10 Å². The third-order valence-corrected chi connectivity index (χ3v) is 4.42. The Morgan fingerprint density at radius 2 is 1.80 bits per heavy atom. The highest BCUT2D eigenvalue weighted by Gasteiger charge is 2.42. The lowest BCUT2D eigenvalue weighted by atomic mass is 10.1. The average Bonchev–Trinajstić information content (AvgIpc) is 2.95. The van der Waals surface area contributed by atoms with Gasteiger partial charge in [-0.25, -0.2) is 0 Å². The summed E-state index contributed by atoms with van der Waals surface area (Å²) in [7, 11) is 0. The smallest absolute Gasteiger partial charge is 0.205 e. The molecular formula is C16H14BrClO2. The quantitative estimate of drug-likeness (QED) is 0.746. The Morgan fingerprint density at radius 3 is 2.45 bits per heavy atom. The maximum Gasteiger partial charge on any atom is 0.205 e. The van der Waals surface area contributed by atoms with Crippen LogP contribution < -0.4 is 0 Å². The van der Waals surface area contributed by atoms with E-state index in [1.807, 2.05) is 42.5 Å². The molecule has 2 atom stereocenters. The number of hydrogen-bond donors (Lipinski definition) is 0. The summed E-state index contributed by atoms with van der Waals surface area (Å²) in [5, 5.41) is 1.28. The van der Waals surface area contributed by atoms with Gasteiger partial charge in [-0.3, -0.25) is 0 Å². The minimum Gasteiger partial charge on any atom is -0.342 e. The average molecular weight is 354 g/mol. The van der Waals surface area contributed by atoms with Gasteiger partial charge in [-0.05, 0) is 17.7 Å². The Hall–Kier alpha value is -0.870. The summed E-state index contributed by atoms with van der Waals surface area (Å²) in [4.78, 5) is 0. The van der Waals surface area contributed by atoms with E-state index >= 15 is 0 Å². The number of ether oxygens (including phenoxy) is 2. The van der Waals surface area contributed by atoms with Gasteiger partial charge in [0.2, 0.25) is 5.79 Å². The molecule has 0 amide bonds. The number of alkyl halides is 1. The summed E-state index contributed by atoms with van der Waals surface area (Å²) in [6.07, 6.45) is -0.0515. The molecule has 2 nitrogen and oxygen atoms in total. The zero-order valence-corrected chi connectivity index (χ0v) is 13.1. The molecule has 1 heterocycles. The molecule has 3 rings (SSSR count). The molecule has 1 saturated heterocycles. The van der Waals surface area contributed by atoms with Crippen molar-refractivity contribution in [2.75, 3.05) is 11.9 Å². The van der Waals surface area contributed by atoms with Gasteiger partial charge in [-0.1, -0.05) is 70.0 Å². The molecule has 0 saturated carbocycles. The summed E-state index contributed by atoms with van der Waals surface area (Å²) in [5.41, 5.74) is 2.10. The van der Waals surface area contributed by atoms with Crippen LogP contribution in [0.5, 0.6) is 0 Å². The molecule has 0 spiro atoms. The minimum atomic E-state index is -0.745. The predicted octanol–water partition coefficient (Wildman–Crippen LogP) is 4.68. The third kappa shape index (κ3) is 2.63. The van der Waals surface area contributed by atoms with Gasteiger partial charge in [0, 0.05) is 10.6 Å². The van der Waals surface area contributed by atoms with Crippen LogP contribution in [0.25, 0.3) is 0 Å². The van der Waals surface area contributed by atoms with E-state index < -0.39 is 5.79 Å². The highest BCUT2D eigenvalue weighted by Crippen LogP contribution is 2.41. The van der Waals surface area contributed by atoms with Crippen molar-refractivity contribution in [1.29, 1.82) is 0 Å². The fourth-order valence-electron chi connectivity index (χ4n) is 2.34. The van der Waals surface area contributed by atoms with E-state index in [1.54, 1.807) is 0 Å². The van der Waals surface area contributed by atoms with E-state index in [1.165, 1.54) is 0 Å². The van der Waals surface area contributed by atoms with Gasteiger partial charge in [0.15, 0.2) is 0 Å². The molecule has 0 N–H and O–H groups in total. The second-order valence-corrected chi connectivity index (χ2v) is 5.72. The fraction of sp³-hybridized carbons (Fsp3) is 0.250. The van der Waals surface area contributed by atoms with Crippen LogP contribution in [0.1, 0.15) is 17.2 Å². The zero-order valence-electron chi connectivity index (χ0n) is 10.8. The minimum absolute atomic E-state index is 0.0515. The fourth-order valence-corrected chi connectivity index (χ4v) is 3.09. The lowest BCUT2D eigenvalue weighted by molar-refractivity contribution is -0.157. The molecule has 1 fully saturated rings. The number of halogens is 2. The Bertz CT molecular complexity index is 573. The summed E-state index contributed by atoms with van der Waals surface area (Å²) in [6.45, 7) is 0.540. The van der Waals surface area contributed by atoms with Crippen LogP contribution in [0.2, 0.25) is 5.02 Å². The molecule has 0 aliphatic carbocycles. The molecule has 2 aromatic rings. The molecule has 0 aromatic heterocycles. The Kier molecular flexibility index (Phi) is 4.13. The highest BCUT2D eigenvalue weighted by molar-refractivity contribution is 9.09. The zero-order chi connectivity index (χ0) is 14.0. The first-order chi connectivity index (χ1) is 9.73. The molecule has 4 heteroatoms. The first-order valence-electron chi connectivity index (χ1n) is 6.42. The molecule has 104 valence electrons. The standard InChI is InChI=1S/C16H14BrClO2/c17-11-16(13-6-8-14(18)9-7-13)19-10-15(20-16)12-4-2-1-3-5-12/h1-9,15H,10-11H2/t15-,16+/m1/s1. The highest BCUT2D eigenvalue weighted by atomic mass is 79.9. The van der Waals surface area contributed by atoms with Crippen molar-refractivity contribution in [2.24, 2.45) is 0 Å². The SMILES string of the molecule is Clc1ccc([C@@]2(CBr)OC[C@H](c3ccccc3)O2)cc1. The molecule has 0 unspecified atom stereocenters. The topological polar surface area (TPSA) is 18.5 Å². The number of rotatable bonds is 3. The van der Waals surface area contributed by atoms with Crippen LogP contribution in [0.15, 0.2) is 54.6 Å². The van der Waals surface area contributed by atoms with Gasteiger partial charge in [0.05, 0.1) is 11.9 Å². The van der Waals surface area contributed by atoms with Crippen molar-refractivity contribution in [3.8, 4) is 0 Å². The third-order valence-electron chi connectivity index (χ3n) is 3.43. The van der Waals surface area contributed by atoms with E-state index in [9.17, 15) is 0 Å². The van der Waals surface area contributed by atoms with Crippen molar-refractivity contribution in [3.63, 3.8) is 0 Å². The molecule has 20 heavy (non-hydrogen) atoms. The second kappa shape index (κ2) is 5.86. The van der Waals surface area contributed by atoms with Crippen LogP contribution in [0, 0.1) is 0 Å². The Labute approximate surface area is 131 Å². The van der Waals surface area contributed by atoms with Crippen LogP contribution in [-0.2, 0) is 15.3 Å². The number of benzene rings is 2. The monoisotopic (exact) mass is 352 g/mol. The van der Waals surface area contributed by atoms with Crippen molar-refractivity contribution in [1.82, 2.24) is 0 Å².